The van der Waals surface area contributed by atoms with Crippen LogP contribution in [0.15, 0.2) is 71.8 Å². The Morgan fingerprint density at radius 1 is 1.12 bits per heavy atom. The van der Waals surface area contributed by atoms with Crippen molar-refractivity contribution in [2.45, 2.75) is 56.7 Å². The van der Waals surface area contributed by atoms with Gasteiger partial charge in [0.2, 0.25) is 4.58 Å². The molecule has 1 amide bonds. The summed E-state index contributed by atoms with van der Waals surface area (Å²) in [6.45, 7) is 6.35. The molecule has 2 aromatic rings. The number of ether oxygens (including phenoxy) is 2. The number of hydrogen-bond acceptors (Lipinski definition) is 4. The van der Waals surface area contributed by atoms with Crippen molar-refractivity contribution in [3.63, 3.8) is 0 Å². The number of nitrogens with zero attached hydrogens (tertiary/aromatic N) is 1. The monoisotopic (exact) mass is 612 g/mol. The van der Waals surface area contributed by atoms with Gasteiger partial charge in [0.25, 0.3) is 5.91 Å². The standard InChI is InChI=1S/C32H35BrF2N2O3/c1-21-5-3-6-24(22(21)2)20-37(25-10-11-25)31(38)28-19-36-16-14-27(28)23-8-12-26(13-9-23)39-17-18-40-30-29(34)7-4-15-32(30,33)35/h3-9,12-13,25,36H,10-11,14-20H2,1-2H3. The van der Waals surface area contributed by atoms with E-state index in [9.17, 15) is 13.6 Å². The van der Waals surface area contributed by atoms with Crippen LogP contribution in [0.2, 0.25) is 0 Å². The molecule has 1 aliphatic heterocycles. The van der Waals surface area contributed by atoms with Crippen molar-refractivity contribution in [2.24, 2.45) is 0 Å². The SMILES string of the molecule is Cc1cccc(CN(C(=O)C2=C(c3ccc(OCCOC4=C(F)C=CCC4(F)Br)cc3)CCNC2)C2CC2)c1C. The molecule has 0 spiro atoms. The van der Waals surface area contributed by atoms with Gasteiger partial charge in [-0.25, -0.2) is 8.78 Å². The fourth-order valence-electron chi connectivity index (χ4n) is 5.18. The van der Waals surface area contributed by atoms with Crippen molar-refractivity contribution in [3.8, 4) is 5.75 Å². The van der Waals surface area contributed by atoms with Crippen LogP contribution in [0.5, 0.6) is 5.75 Å². The number of nitrogens with one attached hydrogen (secondary N) is 1. The highest BCUT2D eigenvalue weighted by atomic mass is 79.9. The van der Waals surface area contributed by atoms with Crippen molar-refractivity contribution in [3.05, 3.63) is 94.0 Å². The Morgan fingerprint density at radius 3 is 2.60 bits per heavy atom. The second kappa shape index (κ2) is 12.3. The zero-order valence-corrected chi connectivity index (χ0v) is 24.5. The van der Waals surface area contributed by atoms with Crippen molar-refractivity contribution < 1.29 is 23.0 Å². The zero-order chi connectivity index (χ0) is 28.3. The van der Waals surface area contributed by atoms with Crippen LogP contribution in [-0.4, -0.2) is 47.7 Å². The normalized spacial score (nSPS) is 21.0. The number of hydrogen-bond donors (Lipinski definition) is 1. The Morgan fingerprint density at radius 2 is 1.88 bits per heavy atom. The molecule has 1 heterocycles. The summed E-state index contributed by atoms with van der Waals surface area (Å²) in [5, 5.41) is 3.39. The Hall–Kier alpha value is -2.97. The van der Waals surface area contributed by atoms with Gasteiger partial charge < -0.3 is 19.7 Å². The first-order valence-corrected chi connectivity index (χ1v) is 14.6. The molecule has 8 heteroatoms. The fourth-order valence-corrected chi connectivity index (χ4v) is 5.67. The third-order valence-corrected chi connectivity index (χ3v) is 8.45. The van der Waals surface area contributed by atoms with Gasteiger partial charge in [0, 0.05) is 31.1 Å². The molecule has 2 aliphatic carbocycles. The fraction of sp³-hybridized carbons (Fsp3) is 0.406. The van der Waals surface area contributed by atoms with Crippen LogP contribution in [0.25, 0.3) is 5.57 Å². The van der Waals surface area contributed by atoms with E-state index >= 15 is 0 Å². The molecule has 1 unspecified atom stereocenters. The summed E-state index contributed by atoms with van der Waals surface area (Å²) in [5.41, 5.74) is 6.57. The van der Waals surface area contributed by atoms with E-state index in [4.69, 9.17) is 9.47 Å². The molecular formula is C32H35BrF2N2O3. The lowest BCUT2D eigenvalue weighted by Gasteiger charge is -2.29. The molecule has 1 fully saturated rings. The first-order chi connectivity index (χ1) is 19.2. The number of allylic oxidation sites excluding steroid dienone is 4. The first-order valence-electron chi connectivity index (χ1n) is 13.8. The minimum absolute atomic E-state index is 0.00207. The first kappa shape index (κ1) is 28.6. The lowest BCUT2D eigenvalue weighted by Crippen LogP contribution is -2.39. The van der Waals surface area contributed by atoms with Crippen molar-refractivity contribution in [1.82, 2.24) is 10.2 Å². The zero-order valence-electron chi connectivity index (χ0n) is 22.9. The maximum Gasteiger partial charge on any atom is 0.251 e. The van der Waals surface area contributed by atoms with E-state index in [1.807, 2.05) is 24.3 Å². The van der Waals surface area contributed by atoms with Crippen LogP contribution >= 0.6 is 15.9 Å². The number of carbonyl (C=O) groups is 1. The third-order valence-electron chi connectivity index (χ3n) is 7.77. The van der Waals surface area contributed by atoms with Gasteiger partial charge in [-0.15, -0.1) is 0 Å². The van der Waals surface area contributed by atoms with Gasteiger partial charge in [0.1, 0.15) is 19.0 Å². The maximum absolute atomic E-state index is 14.5. The van der Waals surface area contributed by atoms with Crippen LogP contribution in [0.1, 0.15) is 47.9 Å². The average molecular weight is 614 g/mol. The molecule has 212 valence electrons. The van der Waals surface area contributed by atoms with Crippen LogP contribution in [0, 0.1) is 13.8 Å². The molecule has 5 rings (SSSR count). The molecule has 1 N–H and O–H groups in total. The van der Waals surface area contributed by atoms with Crippen molar-refractivity contribution in [1.29, 1.82) is 0 Å². The quantitative estimate of drug-likeness (QED) is 0.236. The smallest absolute Gasteiger partial charge is 0.251 e. The number of rotatable bonds is 10. The van der Waals surface area contributed by atoms with Crippen LogP contribution in [0.4, 0.5) is 8.78 Å². The van der Waals surface area contributed by atoms with Gasteiger partial charge in [-0.05, 0) is 102 Å². The highest BCUT2D eigenvalue weighted by Crippen LogP contribution is 2.39. The molecule has 3 aliphatic rings. The van der Waals surface area contributed by atoms with Gasteiger partial charge >= 0.3 is 0 Å². The summed E-state index contributed by atoms with van der Waals surface area (Å²) < 4.78 is 37.5. The molecule has 0 aromatic heterocycles. The van der Waals surface area contributed by atoms with E-state index in [0.29, 0.717) is 24.9 Å². The molecule has 0 saturated heterocycles. The summed E-state index contributed by atoms with van der Waals surface area (Å²) in [6.07, 6.45) is 5.48. The van der Waals surface area contributed by atoms with Gasteiger partial charge in [0.05, 0.1) is 0 Å². The Balaban J connectivity index is 1.26. The Bertz CT molecular complexity index is 1350. The number of carbonyl (C=O) groups excluding carboxylic acids is 1. The summed E-state index contributed by atoms with van der Waals surface area (Å²) in [6, 6.07) is 14.2. The van der Waals surface area contributed by atoms with Gasteiger partial charge in [-0.1, -0.05) is 36.4 Å². The number of amides is 1. The number of alkyl halides is 2. The summed E-state index contributed by atoms with van der Waals surface area (Å²) in [4.78, 5) is 16.0. The molecule has 2 aromatic carbocycles. The second-order valence-electron chi connectivity index (χ2n) is 10.6. The Labute approximate surface area is 243 Å². The summed E-state index contributed by atoms with van der Waals surface area (Å²) in [5.74, 6) is -0.364. The minimum atomic E-state index is -2.04. The molecule has 1 saturated carbocycles. The van der Waals surface area contributed by atoms with Gasteiger partial charge in [-0.3, -0.25) is 4.79 Å². The van der Waals surface area contributed by atoms with E-state index in [1.165, 1.54) is 28.8 Å². The average Bonchev–Trinajstić information content (AvgIpc) is 3.78. The van der Waals surface area contributed by atoms with E-state index < -0.39 is 10.4 Å². The van der Waals surface area contributed by atoms with Crippen LogP contribution in [0.3, 0.4) is 0 Å². The lowest BCUT2D eigenvalue weighted by molar-refractivity contribution is -0.128. The summed E-state index contributed by atoms with van der Waals surface area (Å²) in [7, 11) is 0. The molecule has 1 atom stereocenters. The van der Waals surface area contributed by atoms with Crippen LogP contribution in [-0.2, 0) is 16.1 Å². The second-order valence-corrected chi connectivity index (χ2v) is 11.9. The third kappa shape index (κ3) is 6.50. The topological polar surface area (TPSA) is 50.8 Å². The van der Waals surface area contributed by atoms with Gasteiger partial charge in [0.15, 0.2) is 11.6 Å². The predicted molar refractivity (Wildman–Crippen MR) is 156 cm³/mol. The molecule has 5 nitrogen and oxygen atoms in total. The number of benzene rings is 2. The molecule has 0 radical (unpaired) electrons. The maximum atomic E-state index is 14.5. The van der Waals surface area contributed by atoms with Crippen molar-refractivity contribution >= 4 is 27.4 Å². The predicted octanol–water partition coefficient (Wildman–Crippen LogP) is 6.84. The van der Waals surface area contributed by atoms with Gasteiger partial charge in [-0.2, -0.15) is 0 Å². The minimum Gasteiger partial charge on any atom is -0.490 e. The summed E-state index contributed by atoms with van der Waals surface area (Å²) >= 11 is 2.88. The van der Waals surface area contributed by atoms with E-state index in [0.717, 1.165) is 42.5 Å². The van der Waals surface area contributed by atoms with E-state index in [1.54, 1.807) is 0 Å². The van der Waals surface area contributed by atoms with E-state index in [2.05, 4.69) is 58.2 Å². The molecule has 40 heavy (non-hydrogen) atoms. The largest absolute Gasteiger partial charge is 0.490 e. The highest BCUT2D eigenvalue weighted by Gasteiger charge is 2.37. The lowest BCUT2D eigenvalue weighted by atomic mass is 9.93. The highest BCUT2D eigenvalue weighted by molar-refractivity contribution is 9.10. The number of aryl methyl sites for hydroxylation is 1. The molecule has 0 bridgehead atoms. The number of halogens is 3. The van der Waals surface area contributed by atoms with Crippen molar-refractivity contribution in [2.75, 3.05) is 26.3 Å². The molecular weight excluding hydrogens is 578 g/mol. The van der Waals surface area contributed by atoms with E-state index in [-0.39, 0.29) is 31.3 Å². The Kier molecular flexibility index (Phi) is 8.76. The van der Waals surface area contributed by atoms with Crippen LogP contribution < -0.4 is 10.1 Å².